The molecule has 0 aliphatic carbocycles. The Labute approximate surface area is 163 Å². The summed E-state index contributed by atoms with van der Waals surface area (Å²) in [6, 6.07) is 0. The summed E-state index contributed by atoms with van der Waals surface area (Å²) in [5.41, 5.74) is 0.457. The second kappa shape index (κ2) is 13.1. The first-order chi connectivity index (χ1) is 12.6. The van der Waals surface area contributed by atoms with E-state index in [2.05, 4.69) is 34.6 Å². The summed E-state index contributed by atoms with van der Waals surface area (Å²) in [5.74, 6) is 0.0612. The SMILES string of the molecule is CCCCCCCCC(CCCC1(CC)COC1)C(C)(OCC)OCC. The number of hydrogen-bond donors (Lipinski definition) is 0. The maximum atomic E-state index is 6.13. The van der Waals surface area contributed by atoms with Crippen molar-refractivity contribution in [2.24, 2.45) is 11.3 Å². The van der Waals surface area contributed by atoms with Gasteiger partial charge in [0.2, 0.25) is 0 Å². The Morgan fingerprint density at radius 2 is 1.42 bits per heavy atom. The van der Waals surface area contributed by atoms with Gasteiger partial charge in [-0.2, -0.15) is 0 Å². The van der Waals surface area contributed by atoms with E-state index in [0.717, 1.165) is 26.4 Å². The van der Waals surface area contributed by atoms with Gasteiger partial charge in [0.1, 0.15) is 0 Å². The number of rotatable bonds is 17. The summed E-state index contributed by atoms with van der Waals surface area (Å²) in [4.78, 5) is 0. The largest absolute Gasteiger partial charge is 0.380 e. The molecule has 1 aliphatic heterocycles. The maximum Gasteiger partial charge on any atom is 0.168 e. The Hall–Kier alpha value is -0.120. The van der Waals surface area contributed by atoms with Crippen LogP contribution >= 0.6 is 0 Å². The zero-order valence-electron chi connectivity index (χ0n) is 18.4. The lowest BCUT2D eigenvalue weighted by atomic mass is 9.77. The molecular formula is C23H46O3. The van der Waals surface area contributed by atoms with Crippen LogP contribution in [-0.2, 0) is 14.2 Å². The van der Waals surface area contributed by atoms with Crippen LogP contribution in [0.15, 0.2) is 0 Å². The fourth-order valence-corrected chi connectivity index (χ4v) is 4.33. The Morgan fingerprint density at radius 1 is 0.846 bits per heavy atom. The third-order valence-corrected chi connectivity index (χ3v) is 6.34. The molecule has 26 heavy (non-hydrogen) atoms. The van der Waals surface area contributed by atoms with Crippen LogP contribution < -0.4 is 0 Å². The summed E-state index contributed by atoms with van der Waals surface area (Å²) >= 11 is 0. The van der Waals surface area contributed by atoms with Crippen molar-refractivity contribution in [2.45, 2.75) is 111 Å². The van der Waals surface area contributed by atoms with E-state index >= 15 is 0 Å². The molecule has 1 aliphatic rings. The predicted molar refractivity (Wildman–Crippen MR) is 111 cm³/mol. The molecule has 3 nitrogen and oxygen atoms in total. The van der Waals surface area contributed by atoms with E-state index in [0.29, 0.717) is 11.3 Å². The van der Waals surface area contributed by atoms with E-state index in [1.165, 1.54) is 70.6 Å². The number of hydrogen-bond acceptors (Lipinski definition) is 3. The lowest BCUT2D eigenvalue weighted by Gasteiger charge is -2.42. The average Bonchev–Trinajstić information content (AvgIpc) is 2.58. The van der Waals surface area contributed by atoms with Crippen LogP contribution in [0, 0.1) is 11.3 Å². The van der Waals surface area contributed by atoms with Gasteiger partial charge in [0.05, 0.1) is 13.2 Å². The van der Waals surface area contributed by atoms with Crippen LogP contribution in [0.25, 0.3) is 0 Å². The van der Waals surface area contributed by atoms with E-state index in [9.17, 15) is 0 Å². The minimum atomic E-state index is -0.428. The highest BCUT2D eigenvalue weighted by molar-refractivity contribution is 4.85. The summed E-state index contributed by atoms with van der Waals surface area (Å²) in [6.07, 6.45) is 14.3. The molecular weight excluding hydrogens is 324 g/mol. The molecule has 1 atom stereocenters. The van der Waals surface area contributed by atoms with E-state index < -0.39 is 5.79 Å². The molecule has 0 saturated carbocycles. The first-order valence-corrected chi connectivity index (χ1v) is 11.4. The standard InChI is InChI=1S/C23H46O3/c1-6-10-11-12-13-14-16-21(22(5,25-8-3)26-9-4)17-15-18-23(7-2)19-24-20-23/h21H,6-20H2,1-5H3. The summed E-state index contributed by atoms with van der Waals surface area (Å²) in [5, 5.41) is 0. The Bertz CT molecular complexity index is 327. The monoisotopic (exact) mass is 370 g/mol. The molecule has 0 aromatic heterocycles. The molecule has 0 spiro atoms. The van der Waals surface area contributed by atoms with E-state index in [4.69, 9.17) is 14.2 Å². The maximum absolute atomic E-state index is 6.13. The zero-order chi connectivity index (χ0) is 19.3. The van der Waals surface area contributed by atoms with Crippen molar-refractivity contribution in [3.05, 3.63) is 0 Å². The smallest absolute Gasteiger partial charge is 0.168 e. The highest BCUT2D eigenvalue weighted by Crippen LogP contribution is 2.39. The third kappa shape index (κ3) is 7.86. The van der Waals surface area contributed by atoms with Gasteiger partial charge in [-0.25, -0.2) is 0 Å². The van der Waals surface area contributed by atoms with Crippen molar-refractivity contribution >= 4 is 0 Å². The third-order valence-electron chi connectivity index (χ3n) is 6.34. The summed E-state index contributed by atoms with van der Waals surface area (Å²) in [7, 11) is 0. The fourth-order valence-electron chi connectivity index (χ4n) is 4.33. The molecule has 1 unspecified atom stereocenters. The molecule has 0 N–H and O–H groups in total. The van der Waals surface area contributed by atoms with Gasteiger partial charge in [-0.1, -0.05) is 58.8 Å². The average molecular weight is 371 g/mol. The lowest BCUT2D eigenvalue weighted by Crippen LogP contribution is -2.43. The zero-order valence-corrected chi connectivity index (χ0v) is 18.4. The van der Waals surface area contributed by atoms with Crippen LogP contribution in [0.2, 0.25) is 0 Å². The fraction of sp³-hybridized carbons (Fsp3) is 1.00. The van der Waals surface area contributed by atoms with E-state index in [1.54, 1.807) is 0 Å². The molecule has 156 valence electrons. The van der Waals surface area contributed by atoms with E-state index in [-0.39, 0.29) is 0 Å². The molecule has 0 bridgehead atoms. The van der Waals surface area contributed by atoms with Gasteiger partial charge in [-0.05, 0) is 46.5 Å². The van der Waals surface area contributed by atoms with Crippen molar-refractivity contribution in [1.82, 2.24) is 0 Å². The molecule has 1 fully saturated rings. The quantitative estimate of drug-likeness (QED) is 0.210. The molecule has 1 saturated heterocycles. The molecule has 3 heteroatoms. The highest BCUT2D eigenvalue weighted by atomic mass is 16.7. The van der Waals surface area contributed by atoms with Gasteiger partial charge >= 0.3 is 0 Å². The summed E-state index contributed by atoms with van der Waals surface area (Å²) < 4.78 is 17.8. The van der Waals surface area contributed by atoms with Crippen molar-refractivity contribution < 1.29 is 14.2 Å². The highest BCUT2D eigenvalue weighted by Gasteiger charge is 2.38. The van der Waals surface area contributed by atoms with Gasteiger partial charge in [0, 0.05) is 24.5 Å². The second-order valence-corrected chi connectivity index (χ2v) is 8.37. The Morgan fingerprint density at radius 3 is 1.92 bits per heavy atom. The molecule has 1 rings (SSSR count). The van der Waals surface area contributed by atoms with Gasteiger partial charge < -0.3 is 14.2 Å². The predicted octanol–water partition coefficient (Wildman–Crippen LogP) is 6.74. The summed E-state index contributed by atoms with van der Waals surface area (Å²) in [6.45, 7) is 14.3. The van der Waals surface area contributed by atoms with Crippen molar-refractivity contribution in [2.75, 3.05) is 26.4 Å². The molecule has 0 aromatic carbocycles. The minimum Gasteiger partial charge on any atom is -0.380 e. The van der Waals surface area contributed by atoms with Gasteiger partial charge in [-0.3, -0.25) is 0 Å². The Kier molecular flexibility index (Phi) is 12.1. The van der Waals surface area contributed by atoms with Crippen LogP contribution in [0.5, 0.6) is 0 Å². The van der Waals surface area contributed by atoms with Crippen LogP contribution in [-0.4, -0.2) is 32.2 Å². The Balaban J connectivity index is 2.52. The first kappa shape index (κ1) is 23.9. The van der Waals surface area contributed by atoms with Gasteiger partial charge in [0.15, 0.2) is 5.79 Å². The van der Waals surface area contributed by atoms with Crippen LogP contribution in [0.4, 0.5) is 0 Å². The van der Waals surface area contributed by atoms with Gasteiger partial charge in [-0.15, -0.1) is 0 Å². The minimum absolute atomic E-state index is 0.428. The number of ether oxygens (including phenoxy) is 3. The molecule has 0 radical (unpaired) electrons. The molecule has 0 aromatic rings. The second-order valence-electron chi connectivity index (χ2n) is 8.37. The van der Waals surface area contributed by atoms with Crippen molar-refractivity contribution in [3.63, 3.8) is 0 Å². The lowest BCUT2D eigenvalue weighted by molar-refractivity contribution is -0.255. The first-order valence-electron chi connectivity index (χ1n) is 11.4. The van der Waals surface area contributed by atoms with Crippen LogP contribution in [0.3, 0.4) is 0 Å². The van der Waals surface area contributed by atoms with E-state index in [1.807, 2.05) is 0 Å². The molecule has 1 heterocycles. The van der Waals surface area contributed by atoms with Crippen molar-refractivity contribution in [1.29, 1.82) is 0 Å². The normalized spacial score (nSPS) is 17.9. The number of unbranched alkanes of at least 4 members (excludes halogenated alkanes) is 5. The van der Waals surface area contributed by atoms with Crippen molar-refractivity contribution in [3.8, 4) is 0 Å². The van der Waals surface area contributed by atoms with Gasteiger partial charge in [0.25, 0.3) is 0 Å². The van der Waals surface area contributed by atoms with Crippen LogP contribution in [0.1, 0.15) is 105 Å². The topological polar surface area (TPSA) is 27.7 Å². The molecule has 0 amide bonds.